The van der Waals surface area contributed by atoms with Gasteiger partial charge in [-0.05, 0) is 13.3 Å². The van der Waals surface area contributed by atoms with Crippen LogP contribution < -0.4 is 11.0 Å². The lowest BCUT2D eigenvalue weighted by Gasteiger charge is -2.23. The molecule has 17 heavy (non-hydrogen) atoms. The molecule has 1 aliphatic rings. The Morgan fingerprint density at radius 1 is 1.65 bits per heavy atom. The maximum absolute atomic E-state index is 11.3. The van der Waals surface area contributed by atoms with E-state index < -0.39 is 0 Å². The van der Waals surface area contributed by atoms with Gasteiger partial charge < -0.3 is 10.1 Å². The number of hydrogen-bond donors (Lipinski definition) is 2. The summed E-state index contributed by atoms with van der Waals surface area (Å²) < 4.78 is 6.72. The standard InChI is InChI=1S/C10H13N5O2/c1-10(2-3-17-5-10)12-7-4-8-13-14-9(16)15(8)6-11-7/h4,6,12H,2-3,5H2,1H3,(H,14,16). The Bertz CT molecular complexity index is 596. The number of aromatic amines is 1. The zero-order valence-corrected chi connectivity index (χ0v) is 9.43. The van der Waals surface area contributed by atoms with E-state index in [1.807, 2.05) is 0 Å². The number of H-pyrrole nitrogens is 1. The number of anilines is 1. The van der Waals surface area contributed by atoms with E-state index in [2.05, 4.69) is 27.4 Å². The Labute approximate surface area is 96.8 Å². The predicted octanol–water partition coefficient (Wildman–Crippen LogP) is 0.00850. The van der Waals surface area contributed by atoms with Gasteiger partial charge in [-0.3, -0.25) is 0 Å². The topological polar surface area (TPSA) is 84.3 Å². The molecule has 1 unspecified atom stereocenters. The normalized spacial score (nSPS) is 24.3. The van der Waals surface area contributed by atoms with E-state index in [1.165, 1.54) is 10.7 Å². The second kappa shape index (κ2) is 3.56. The van der Waals surface area contributed by atoms with E-state index >= 15 is 0 Å². The maximum atomic E-state index is 11.3. The smallest absolute Gasteiger partial charge is 0.348 e. The van der Waals surface area contributed by atoms with Gasteiger partial charge in [-0.2, -0.15) is 5.10 Å². The van der Waals surface area contributed by atoms with Crippen molar-refractivity contribution in [2.75, 3.05) is 18.5 Å². The van der Waals surface area contributed by atoms with E-state index in [9.17, 15) is 4.79 Å². The SMILES string of the molecule is CC1(Nc2cc3n[nH]c(=O)n3cn2)CCOC1. The Morgan fingerprint density at radius 2 is 2.53 bits per heavy atom. The van der Waals surface area contributed by atoms with Crippen molar-refractivity contribution in [2.45, 2.75) is 18.9 Å². The molecule has 0 aromatic carbocycles. The van der Waals surface area contributed by atoms with Crippen LogP contribution in [0.15, 0.2) is 17.2 Å². The molecule has 0 bridgehead atoms. The molecule has 2 N–H and O–H groups in total. The van der Waals surface area contributed by atoms with Gasteiger partial charge in [0.2, 0.25) is 0 Å². The molecule has 0 radical (unpaired) electrons. The van der Waals surface area contributed by atoms with Crippen molar-refractivity contribution in [3.05, 3.63) is 22.9 Å². The van der Waals surface area contributed by atoms with E-state index in [-0.39, 0.29) is 11.2 Å². The van der Waals surface area contributed by atoms with Crippen molar-refractivity contribution in [1.29, 1.82) is 0 Å². The second-order valence-corrected chi connectivity index (χ2v) is 4.52. The van der Waals surface area contributed by atoms with Crippen molar-refractivity contribution < 1.29 is 4.74 Å². The molecule has 3 heterocycles. The summed E-state index contributed by atoms with van der Waals surface area (Å²) in [5, 5.41) is 9.58. The summed E-state index contributed by atoms with van der Waals surface area (Å²) in [4.78, 5) is 15.4. The first-order valence-corrected chi connectivity index (χ1v) is 5.45. The lowest BCUT2D eigenvalue weighted by atomic mass is 10.0. The quantitative estimate of drug-likeness (QED) is 0.766. The minimum Gasteiger partial charge on any atom is -0.379 e. The summed E-state index contributed by atoms with van der Waals surface area (Å²) >= 11 is 0. The highest BCUT2D eigenvalue weighted by atomic mass is 16.5. The fourth-order valence-electron chi connectivity index (χ4n) is 1.95. The molecule has 7 heteroatoms. The molecular formula is C10H13N5O2. The minimum absolute atomic E-state index is 0.0953. The summed E-state index contributed by atoms with van der Waals surface area (Å²) in [7, 11) is 0. The Hall–Kier alpha value is -1.89. The van der Waals surface area contributed by atoms with Crippen LogP contribution in [0.3, 0.4) is 0 Å². The third kappa shape index (κ3) is 1.78. The van der Waals surface area contributed by atoms with Crippen molar-refractivity contribution >= 4 is 11.5 Å². The van der Waals surface area contributed by atoms with Gasteiger partial charge in [-0.25, -0.2) is 19.3 Å². The Balaban J connectivity index is 1.93. The molecule has 1 aliphatic heterocycles. The molecule has 3 rings (SSSR count). The molecule has 2 aromatic heterocycles. The van der Waals surface area contributed by atoms with Crippen molar-refractivity contribution in [3.63, 3.8) is 0 Å². The first kappa shape index (κ1) is 10.3. The van der Waals surface area contributed by atoms with Gasteiger partial charge in [-0.1, -0.05) is 0 Å². The van der Waals surface area contributed by atoms with Crippen molar-refractivity contribution in [2.24, 2.45) is 0 Å². The molecule has 1 saturated heterocycles. The molecule has 2 aromatic rings. The van der Waals surface area contributed by atoms with Crippen LogP contribution in [0, 0.1) is 0 Å². The van der Waals surface area contributed by atoms with Gasteiger partial charge in [0.1, 0.15) is 12.1 Å². The van der Waals surface area contributed by atoms with Crippen LogP contribution in [-0.4, -0.2) is 38.3 Å². The maximum Gasteiger partial charge on any atom is 0.348 e. The Kier molecular flexibility index (Phi) is 2.15. The number of fused-ring (bicyclic) bond motifs is 1. The van der Waals surface area contributed by atoms with Crippen LogP contribution >= 0.6 is 0 Å². The van der Waals surface area contributed by atoms with E-state index in [0.29, 0.717) is 18.1 Å². The summed E-state index contributed by atoms with van der Waals surface area (Å²) in [5.41, 5.74) is 0.173. The molecule has 1 atom stereocenters. The number of rotatable bonds is 2. The fourth-order valence-corrected chi connectivity index (χ4v) is 1.95. The highest BCUT2D eigenvalue weighted by molar-refractivity contribution is 5.49. The van der Waals surface area contributed by atoms with Crippen LogP contribution in [0.4, 0.5) is 5.82 Å². The molecule has 0 saturated carbocycles. The monoisotopic (exact) mass is 235 g/mol. The lowest BCUT2D eigenvalue weighted by Crippen LogP contribution is -2.35. The number of ether oxygens (including phenoxy) is 1. The largest absolute Gasteiger partial charge is 0.379 e. The number of aromatic nitrogens is 4. The molecule has 7 nitrogen and oxygen atoms in total. The zero-order valence-electron chi connectivity index (χ0n) is 9.43. The van der Waals surface area contributed by atoms with Crippen molar-refractivity contribution in [3.8, 4) is 0 Å². The van der Waals surface area contributed by atoms with E-state index in [4.69, 9.17) is 4.74 Å². The number of nitrogens with zero attached hydrogens (tertiary/aromatic N) is 3. The minimum atomic E-state index is -0.283. The molecule has 0 spiro atoms. The average molecular weight is 235 g/mol. The van der Waals surface area contributed by atoms with Gasteiger partial charge in [0, 0.05) is 12.7 Å². The van der Waals surface area contributed by atoms with Gasteiger partial charge in [-0.15, -0.1) is 0 Å². The third-order valence-electron chi connectivity index (χ3n) is 2.96. The van der Waals surface area contributed by atoms with Crippen LogP contribution in [-0.2, 0) is 4.74 Å². The van der Waals surface area contributed by atoms with Crippen LogP contribution in [0.5, 0.6) is 0 Å². The van der Waals surface area contributed by atoms with Gasteiger partial charge >= 0.3 is 5.69 Å². The highest BCUT2D eigenvalue weighted by Crippen LogP contribution is 2.22. The first-order chi connectivity index (χ1) is 8.16. The molecule has 0 aliphatic carbocycles. The molecule has 1 fully saturated rings. The van der Waals surface area contributed by atoms with Gasteiger partial charge in [0.25, 0.3) is 0 Å². The van der Waals surface area contributed by atoms with Gasteiger partial charge in [0.15, 0.2) is 5.65 Å². The van der Waals surface area contributed by atoms with Crippen LogP contribution in [0.2, 0.25) is 0 Å². The van der Waals surface area contributed by atoms with Gasteiger partial charge in [0.05, 0.1) is 12.1 Å². The van der Waals surface area contributed by atoms with Crippen LogP contribution in [0.1, 0.15) is 13.3 Å². The molecule has 0 amide bonds. The van der Waals surface area contributed by atoms with E-state index in [1.54, 1.807) is 6.07 Å². The number of nitrogens with one attached hydrogen (secondary N) is 2. The van der Waals surface area contributed by atoms with E-state index in [0.717, 1.165) is 13.0 Å². The van der Waals surface area contributed by atoms with Crippen LogP contribution in [0.25, 0.3) is 5.65 Å². The highest BCUT2D eigenvalue weighted by Gasteiger charge is 2.29. The number of hydrogen-bond acceptors (Lipinski definition) is 5. The third-order valence-corrected chi connectivity index (χ3v) is 2.96. The predicted molar refractivity (Wildman–Crippen MR) is 61.1 cm³/mol. The first-order valence-electron chi connectivity index (χ1n) is 5.45. The fraction of sp³-hybridized carbons (Fsp3) is 0.500. The van der Waals surface area contributed by atoms with Crippen molar-refractivity contribution in [1.82, 2.24) is 19.6 Å². The second-order valence-electron chi connectivity index (χ2n) is 4.52. The zero-order chi connectivity index (χ0) is 11.9. The summed E-state index contributed by atoms with van der Waals surface area (Å²) in [6.07, 6.45) is 2.40. The summed E-state index contributed by atoms with van der Waals surface area (Å²) in [5.74, 6) is 0.699. The molecule has 90 valence electrons. The lowest BCUT2D eigenvalue weighted by molar-refractivity contribution is 0.185. The summed E-state index contributed by atoms with van der Waals surface area (Å²) in [6.45, 7) is 3.50. The molecular weight excluding hydrogens is 222 g/mol. The Morgan fingerprint density at radius 3 is 3.29 bits per heavy atom. The average Bonchev–Trinajstić information content (AvgIpc) is 2.87. The summed E-state index contributed by atoms with van der Waals surface area (Å²) in [6, 6.07) is 1.74.